The smallest absolute Gasteiger partial charge is 0.130 e. The second kappa shape index (κ2) is 23.0. The van der Waals surface area contributed by atoms with Gasteiger partial charge in [0.1, 0.15) is 23.1 Å². The second-order valence-corrected chi connectivity index (χ2v) is 6.07. The van der Waals surface area contributed by atoms with Crippen molar-refractivity contribution in [3.63, 3.8) is 0 Å². The molecule has 0 aliphatic carbocycles. The standard InChI is InChI=1S/2C6H12O.C4H8O.C3H6O/c1-5(2)4-6(3)7;1-3-4-5-6(2)7;1-3-4(2)5;1-3(2)4/h5H,4H2,1-3H3;3-5H2,1-2H3;3H2,1-2H3;1-2H3. The number of ketones is 4. The van der Waals surface area contributed by atoms with Crippen LogP contribution in [0.2, 0.25) is 0 Å². The first kappa shape index (κ1) is 29.7. The predicted molar refractivity (Wildman–Crippen MR) is 97.7 cm³/mol. The normalized spacial score (nSPS) is 8.43. The average molecular weight is 331 g/mol. The van der Waals surface area contributed by atoms with Crippen molar-refractivity contribution in [2.75, 3.05) is 0 Å². The van der Waals surface area contributed by atoms with Crippen LogP contribution in [0.15, 0.2) is 0 Å². The lowest BCUT2D eigenvalue weighted by Gasteiger charge is -1.95. The van der Waals surface area contributed by atoms with E-state index in [2.05, 4.69) is 6.92 Å². The van der Waals surface area contributed by atoms with Gasteiger partial charge >= 0.3 is 0 Å². The van der Waals surface area contributed by atoms with E-state index < -0.39 is 0 Å². The third-order valence-corrected chi connectivity index (χ3v) is 2.08. The van der Waals surface area contributed by atoms with Crippen LogP contribution in [0.1, 0.15) is 94.4 Å². The SMILES string of the molecule is CC(=O)CC(C)C.CC(C)=O.CCC(C)=O.CCCCC(C)=O. The van der Waals surface area contributed by atoms with E-state index in [0.29, 0.717) is 18.1 Å². The minimum atomic E-state index is 0.167. The van der Waals surface area contributed by atoms with Gasteiger partial charge in [-0.1, -0.05) is 34.1 Å². The van der Waals surface area contributed by atoms with Gasteiger partial charge in [-0.25, -0.2) is 0 Å². The summed E-state index contributed by atoms with van der Waals surface area (Å²) in [5, 5.41) is 0. The van der Waals surface area contributed by atoms with E-state index in [1.807, 2.05) is 20.8 Å². The number of rotatable bonds is 6. The Labute approximate surface area is 143 Å². The average Bonchev–Trinajstić information content (AvgIpc) is 2.35. The van der Waals surface area contributed by atoms with E-state index in [4.69, 9.17) is 0 Å². The summed E-state index contributed by atoms with van der Waals surface area (Å²) in [5.74, 6) is 1.54. The van der Waals surface area contributed by atoms with E-state index in [1.54, 1.807) is 20.8 Å². The van der Waals surface area contributed by atoms with E-state index in [9.17, 15) is 19.2 Å². The monoisotopic (exact) mass is 330 g/mol. The van der Waals surface area contributed by atoms with Crippen LogP contribution >= 0.6 is 0 Å². The molecule has 0 unspecified atom stereocenters. The van der Waals surface area contributed by atoms with Crippen LogP contribution in [-0.2, 0) is 19.2 Å². The van der Waals surface area contributed by atoms with Crippen molar-refractivity contribution in [3.05, 3.63) is 0 Å². The van der Waals surface area contributed by atoms with Crippen molar-refractivity contribution < 1.29 is 19.2 Å². The number of unbranched alkanes of at least 4 members (excludes halogenated alkanes) is 1. The third kappa shape index (κ3) is 95.8. The van der Waals surface area contributed by atoms with Crippen molar-refractivity contribution in [3.8, 4) is 0 Å². The molecular formula is C19H38O4. The van der Waals surface area contributed by atoms with Gasteiger partial charge in [-0.05, 0) is 47.0 Å². The second-order valence-electron chi connectivity index (χ2n) is 6.07. The highest BCUT2D eigenvalue weighted by molar-refractivity contribution is 5.75. The van der Waals surface area contributed by atoms with Gasteiger partial charge in [-0.2, -0.15) is 0 Å². The molecule has 0 amide bonds. The molecule has 0 aliphatic rings. The molecule has 0 saturated heterocycles. The molecule has 0 aliphatic heterocycles. The molecule has 138 valence electrons. The van der Waals surface area contributed by atoms with Gasteiger partial charge in [0.25, 0.3) is 0 Å². The van der Waals surface area contributed by atoms with Crippen molar-refractivity contribution >= 4 is 23.1 Å². The van der Waals surface area contributed by atoms with Gasteiger partial charge in [-0.3, -0.25) is 0 Å². The summed E-state index contributed by atoms with van der Waals surface area (Å²) in [4.78, 5) is 39.7. The summed E-state index contributed by atoms with van der Waals surface area (Å²) in [6.07, 6.45) is 4.32. The first-order chi connectivity index (χ1) is 10.4. The maximum atomic E-state index is 10.3. The van der Waals surface area contributed by atoms with Crippen molar-refractivity contribution in [1.29, 1.82) is 0 Å². The number of carbonyl (C=O) groups excluding carboxylic acids is 4. The lowest BCUT2D eigenvalue weighted by Crippen LogP contribution is -1.95. The minimum absolute atomic E-state index is 0.167. The van der Waals surface area contributed by atoms with E-state index in [-0.39, 0.29) is 17.3 Å². The highest BCUT2D eigenvalue weighted by atomic mass is 16.1. The Bertz CT molecular complexity index is 313. The van der Waals surface area contributed by atoms with Gasteiger partial charge in [0.05, 0.1) is 0 Å². The maximum absolute atomic E-state index is 10.3. The Kier molecular flexibility index (Phi) is 29.6. The number of Topliss-reactive ketones (excluding diaryl/α,β-unsaturated/α-hetero) is 4. The van der Waals surface area contributed by atoms with Crippen LogP contribution in [0.4, 0.5) is 0 Å². The first-order valence-electron chi connectivity index (χ1n) is 8.35. The van der Waals surface area contributed by atoms with Gasteiger partial charge in [0.2, 0.25) is 0 Å². The van der Waals surface area contributed by atoms with Crippen LogP contribution in [0.25, 0.3) is 0 Å². The van der Waals surface area contributed by atoms with Crippen LogP contribution in [0, 0.1) is 5.92 Å². The Morgan fingerprint density at radius 1 is 0.739 bits per heavy atom. The molecule has 0 aromatic rings. The zero-order chi connectivity index (χ0) is 19.4. The molecule has 0 aromatic carbocycles. The number of hydrogen-bond donors (Lipinski definition) is 0. The molecule has 0 bridgehead atoms. The molecule has 0 aromatic heterocycles. The van der Waals surface area contributed by atoms with Crippen LogP contribution in [-0.4, -0.2) is 23.1 Å². The fraction of sp³-hybridized carbons (Fsp3) is 0.789. The molecule has 0 fully saturated rings. The van der Waals surface area contributed by atoms with Crippen molar-refractivity contribution in [2.45, 2.75) is 94.4 Å². The van der Waals surface area contributed by atoms with Crippen LogP contribution < -0.4 is 0 Å². The summed E-state index contributed by atoms with van der Waals surface area (Å²) in [7, 11) is 0. The van der Waals surface area contributed by atoms with E-state index in [0.717, 1.165) is 25.7 Å². The molecule has 0 heterocycles. The highest BCUT2D eigenvalue weighted by Gasteiger charge is 1.95. The quantitative estimate of drug-likeness (QED) is 0.689. The number of carbonyl (C=O) groups is 4. The molecule has 4 nitrogen and oxygen atoms in total. The first-order valence-corrected chi connectivity index (χ1v) is 8.35. The zero-order valence-electron chi connectivity index (χ0n) is 16.7. The van der Waals surface area contributed by atoms with Crippen molar-refractivity contribution in [2.24, 2.45) is 5.92 Å². The van der Waals surface area contributed by atoms with Gasteiger partial charge in [0, 0.05) is 19.3 Å². The fourth-order valence-electron chi connectivity index (χ4n) is 1.00. The summed E-state index contributed by atoms with van der Waals surface area (Å²) in [6.45, 7) is 15.9. The Balaban J connectivity index is -0.000000107. The molecule has 0 spiro atoms. The molecule has 0 N–H and O–H groups in total. The molecule has 23 heavy (non-hydrogen) atoms. The third-order valence-electron chi connectivity index (χ3n) is 2.08. The fourth-order valence-corrected chi connectivity index (χ4v) is 1.00. The van der Waals surface area contributed by atoms with E-state index >= 15 is 0 Å². The molecular weight excluding hydrogens is 292 g/mol. The van der Waals surface area contributed by atoms with Crippen LogP contribution in [0.5, 0.6) is 0 Å². The Morgan fingerprint density at radius 2 is 1.09 bits per heavy atom. The van der Waals surface area contributed by atoms with E-state index in [1.165, 1.54) is 13.8 Å². The Hall–Kier alpha value is -1.32. The Morgan fingerprint density at radius 3 is 1.13 bits per heavy atom. The topological polar surface area (TPSA) is 68.3 Å². The lowest BCUT2D eigenvalue weighted by molar-refractivity contribution is -0.118. The molecule has 4 heteroatoms. The molecule has 0 rings (SSSR count). The van der Waals surface area contributed by atoms with Crippen molar-refractivity contribution in [1.82, 2.24) is 0 Å². The summed E-state index contributed by atoms with van der Waals surface area (Å²) >= 11 is 0. The molecule has 0 saturated carbocycles. The molecule has 0 atom stereocenters. The lowest BCUT2D eigenvalue weighted by atomic mass is 10.1. The van der Waals surface area contributed by atoms with Gasteiger partial charge < -0.3 is 19.2 Å². The summed E-state index contributed by atoms with van der Waals surface area (Å²) in [6, 6.07) is 0. The summed E-state index contributed by atoms with van der Waals surface area (Å²) < 4.78 is 0. The maximum Gasteiger partial charge on any atom is 0.130 e. The van der Waals surface area contributed by atoms with Gasteiger partial charge in [-0.15, -0.1) is 0 Å². The zero-order valence-corrected chi connectivity index (χ0v) is 16.7. The minimum Gasteiger partial charge on any atom is -0.300 e. The van der Waals surface area contributed by atoms with Crippen LogP contribution in [0.3, 0.4) is 0 Å². The predicted octanol–water partition coefficient (Wildman–Crippen LogP) is 4.97. The summed E-state index contributed by atoms with van der Waals surface area (Å²) in [5.41, 5.74) is 0. The molecule has 0 radical (unpaired) electrons. The van der Waals surface area contributed by atoms with Gasteiger partial charge in [0.15, 0.2) is 0 Å². The highest BCUT2D eigenvalue weighted by Crippen LogP contribution is 1.97. The number of hydrogen-bond acceptors (Lipinski definition) is 4. The largest absolute Gasteiger partial charge is 0.300 e.